The molecule has 1 aromatic carbocycles. The Balaban J connectivity index is 1.94. The maximum atomic E-state index is 12.3. The Morgan fingerprint density at radius 2 is 1.65 bits per heavy atom. The Hall–Kier alpha value is -2.23. The molecule has 0 aliphatic carbocycles. The van der Waals surface area contributed by atoms with Crippen LogP contribution in [-0.2, 0) is 4.79 Å². The van der Waals surface area contributed by atoms with Crippen LogP contribution in [0.4, 0.5) is 0 Å². The molecule has 0 N–H and O–H groups in total. The fourth-order valence-electron chi connectivity index (χ4n) is 2.65. The minimum absolute atomic E-state index is 0.0577. The predicted octanol–water partition coefficient (Wildman–Crippen LogP) is 3.62. The summed E-state index contributed by atoms with van der Waals surface area (Å²) in [5.41, 5.74) is 1.07. The van der Waals surface area contributed by atoms with Crippen LogP contribution >= 0.6 is 0 Å². The number of amides is 2. The Labute approximate surface area is 137 Å². The van der Waals surface area contributed by atoms with E-state index in [1.54, 1.807) is 24.3 Å². The highest BCUT2D eigenvalue weighted by Gasteiger charge is 2.34. The maximum Gasteiger partial charge on any atom is 0.261 e. The molecule has 0 bridgehead atoms. The van der Waals surface area contributed by atoms with Gasteiger partial charge >= 0.3 is 0 Å². The van der Waals surface area contributed by atoms with Gasteiger partial charge in [0.2, 0.25) is 0 Å². The fourth-order valence-corrected chi connectivity index (χ4v) is 2.65. The van der Waals surface area contributed by atoms with E-state index < -0.39 is 5.41 Å². The molecular formula is C19H23NO3. The number of rotatable bonds is 7. The summed E-state index contributed by atoms with van der Waals surface area (Å²) >= 11 is 0. The first-order valence-corrected chi connectivity index (χ1v) is 7.97. The largest absolute Gasteiger partial charge is 0.294 e. The number of nitrogens with zero attached hydrogens (tertiary/aromatic N) is 1. The zero-order valence-corrected chi connectivity index (χ0v) is 14.0. The molecule has 122 valence electrons. The number of Topliss-reactive ketones (excluding diaryl/α,β-unsaturated/α-hetero) is 1. The molecule has 0 saturated heterocycles. The van der Waals surface area contributed by atoms with Crippen LogP contribution in [0.25, 0.3) is 0 Å². The zero-order valence-electron chi connectivity index (χ0n) is 14.0. The summed E-state index contributed by atoms with van der Waals surface area (Å²) in [6, 6.07) is 6.84. The predicted molar refractivity (Wildman–Crippen MR) is 89.3 cm³/mol. The normalized spacial score (nSPS) is 14.1. The van der Waals surface area contributed by atoms with Crippen molar-refractivity contribution < 1.29 is 14.4 Å². The van der Waals surface area contributed by atoms with Crippen LogP contribution in [0.3, 0.4) is 0 Å². The number of benzene rings is 1. The molecule has 1 aromatic rings. The van der Waals surface area contributed by atoms with Crippen LogP contribution in [-0.4, -0.2) is 29.0 Å². The van der Waals surface area contributed by atoms with Crippen molar-refractivity contribution in [1.29, 1.82) is 0 Å². The third kappa shape index (κ3) is 3.26. The molecule has 0 fully saturated rings. The highest BCUT2D eigenvalue weighted by Crippen LogP contribution is 2.27. The van der Waals surface area contributed by atoms with E-state index in [0.717, 1.165) is 6.42 Å². The van der Waals surface area contributed by atoms with Gasteiger partial charge in [-0.3, -0.25) is 19.3 Å². The maximum absolute atomic E-state index is 12.3. The van der Waals surface area contributed by atoms with Crippen LogP contribution in [0.1, 0.15) is 60.7 Å². The molecule has 1 heterocycles. The zero-order chi connectivity index (χ0) is 17.2. The number of allylic oxidation sites excluding steroid dienone is 1. The summed E-state index contributed by atoms with van der Waals surface area (Å²) in [6.45, 7) is 9.97. The topological polar surface area (TPSA) is 54.5 Å². The second-order valence-corrected chi connectivity index (χ2v) is 6.58. The van der Waals surface area contributed by atoms with E-state index in [0.29, 0.717) is 36.1 Å². The van der Waals surface area contributed by atoms with Gasteiger partial charge in [0.05, 0.1) is 11.1 Å². The van der Waals surface area contributed by atoms with Crippen molar-refractivity contribution in [3.63, 3.8) is 0 Å². The van der Waals surface area contributed by atoms with E-state index in [1.807, 2.05) is 20.8 Å². The van der Waals surface area contributed by atoms with Gasteiger partial charge in [0.25, 0.3) is 11.8 Å². The molecule has 0 atom stereocenters. The fraction of sp³-hybridized carbons (Fsp3) is 0.421. The molecule has 23 heavy (non-hydrogen) atoms. The Kier molecular flexibility index (Phi) is 4.83. The van der Waals surface area contributed by atoms with Crippen molar-refractivity contribution in [3.8, 4) is 0 Å². The molecule has 2 amide bonds. The van der Waals surface area contributed by atoms with Crippen LogP contribution in [0.2, 0.25) is 0 Å². The number of carbonyl (C=O) groups excluding carboxylic acids is 3. The van der Waals surface area contributed by atoms with Crippen LogP contribution in [0.15, 0.2) is 36.4 Å². The lowest BCUT2D eigenvalue weighted by Gasteiger charge is -2.22. The number of ketones is 1. The number of hydrogen-bond acceptors (Lipinski definition) is 3. The first-order valence-electron chi connectivity index (χ1n) is 7.97. The lowest BCUT2D eigenvalue weighted by molar-refractivity contribution is -0.123. The van der Waals surface area contributed by atoms with Crippen molar-refractivity contribution in [3.05, 3.63) is 47.5 Å². The van der Waals surface area contributed by atoms with Gasteiger partial charge in [0, 0.05) is 12.0 Å². The summed E-state index contributed by atoms with van der Waals surface area (Å²) in [4.78, 5) is 38.0. The SMILES string of the molecule is C=C(CCCN1C(=O)c2ccccc2C1=O)C(=O)C(C)(C)CC. The first-order chi connectivity index (χ1) is 10.8. The van der Waals surface area contributed by atoms with Crippen molar-refractivity contribution in [2.24, 2.45) is 5.41 Å². The molecule has 0 radical (unpaired) electrons. The molecule has 1 aliphatic heterocycles. The van der Waals surface area contributed by atoms with Gasteiger partial charge in [0.15, 0.2) is 5.78 Å². The second-order valence-electron chi connectivity index (χ2n) is 6.58. The van der Waals surface area contributed by atoms with Crippen LogP contribution < -0.4 is 0 Å². The Morgan fingerprint density at radius 1 is 1.13 bits per heavy atom. The second kappa shape index (κ2) is 6.49. The third-order valence-corrected chi connectivity index (χ3v) is 4.56. The number of carbonyl (C=O) groups is 3. The Morgan fingerprint density at radius 3 is 2.13 bits per heavy atom. The van der Waals surface area contributed by atoms with Gasteiger partial charge < -0.3 is 0 Å². The minimum Gasteiger partial charge on any atom is -0.294 e. The monoisotopic (exact) mass is 313 g/mol. The van der Waals surface area contributed by atoms with E-state index in [4.69, 9.17) is 0 Å². The molecule has 0 aromatic heterocycles. The summed E-state index contributed by atoms with van der Waals surface area (Å²) in [5.74, 6) is -0.449. The average molecular weight is 313 g/mol. The lowest BCUT2D eigenvalue weighted by Crippen LogP contribution is -2.31. The Bertz CT molecular complexity index is 638. The van der Waals surface area contributed by atoms with Crippen molar-refractivity contribution in [1.82, 2.24) is 4.90 Å². The highest BCUT2D eigenvalue weighted by molar-refractivity contribution is 6.21. The van der Waals surface area contributed by atoms with Crippen molar-refractivity contribution in [2.45, 2.75) is 40.0 Å². The van der Waals surface area contributed by atoms with E-state index in [9.17, 15) is 14.4 Å². The van der Waals surface area contributed by atoms with E-state index >= 15 is 0 Å². The smallest absolute Gasteiger partial charge is 0.261 e. The van der Waals surface area contributed by atoms with Gasteiger partial charge in [-0.15, -0.1) is 0 Å². The summed E-state index contributed by atoms with van der Waals surface area (Å²) in [7, 11) is 0. The summed E-state index contributed by atoms with van der Waals surface area (Å²) in [6.07, 6.45) is 1.80. The van der Waals surface area contributed by atoms with Gasteiger partial charge in [-0.25, -0.2) is 0 Å². The van der Waals surface area contributed by atoms with Crippen LogP contribution in [0, 0.1) is 5.41 Å². The molecule has 2 rings (SSSR count). The highest BCUT2D eigenvalue weighted by atomic mass is 16.2. The summed E-state index contributed by atoms with van der Waals surface area (Å²) < 4.78 is 0. The average Bonchev–Trinajstić information content (AvgIpc) is 2.79. The summed E-state index contributed by atoms with van der Waals surface area (Å²) in [5, 5.41) is 0. The van der Waals surface area contributed by atoms with Gasteiger partial charge in [-0.05, 0) is 37.0 Å². The minimum atomic E-state index is -0.410. The van der Waals surface area contributed by atoms with E-state index in [1.165, 1.54) is 4.90 Å². The lowest BCUT2D eigenvalue weighted by atomic mass is 9.81. The van der Waals surface area contributed by atoms with E-state index in [-0.39, 0.29) is 17.6 Å². The quantitative estimate of drug-likeness (QED) is 0.570. The molecular weight excluding hydrogens is 290 g/mol. The van der Waals surface area contributed by atoms with Crippen molar-refractivity contribution in [2.75, 3.05) is 6.54 Å². The van der Waals surface area contributed by atoms with E-state index in [2.05, 4.69) is 6.58 Å². The number of fused-ring (bicyclic) bond motifs is 1. The number of imide groups is 1. The van der Waals surface area contributed by atoms with Crippen LogP contribution in [0.5, 0.6) is 0 Å². The van der Waals surface area contributed by atoms with Crippen molar-refractivity contribution >= 4 is 17.6 Å². The standard InChI is InChI=1S/C19H23NO3/c1-5-19(3,4)16(21)13(2)9-8-12-20-17(22)14-10-6-7-11-15(14)18(20)23/h6-7,10-11H,2,5,8-9,12H2,1,3-4H3. The molecule has 0 spiro atoms. The molecule has 0 unspecified atom stereocenters. The van der Waals surface area contributed by atoms with Gasteiger partial charge in [-0.1, -0.05) is 39.5 Å². The van der Waals surface area contributed by atoms with Gasteiger partial charge in [-0.2, -0.15) is 0 Å². The van der Waals surface area contributed by atoms with Gasteiger partial charge in [0.1, 0.15) is 0 Å². The molecule has 0 saturated carbocycles. The third-order valence-electron chi connectivity index (χ3n) is 4.56. The molecule has 1 aliphatic rings. The number of hydrogen-bond donors (Lipinski definition) is 0. The molecule has 4 nitrogen and oxygen atoms in total. The molecule has 4 heteroatoms. The first kappa shape index (κ1) is 17.1.